The Labute approximate surface area is 277 Å². The zero-order valence-electron chi connectivity index (χ0n) is 25.2. The minimum absolute atomic E-state index is 0.0363. The number of hydrogen-bond acceptors (Lipinski definition) is 17. The zero-order chi connectivity index (χ0) is 36.1. The number of phosphoric ester groups is 3. The number of imidazole rings is 1. The van der Waals surface area contributed by atoms with Crippen molar-refractivity contribution in [3.63, 3.8) is 0 Å². The lowest BCUT2D eigenvalue weighted by Crippen LogP contribution is -2.46. The standard InChI is InChI=1S/C21H36N7O16P3S/c1-21(2,16(31)19(32)24-4-3-12(29)23-5-6-48)8-41-47(38,39)44-46(36,37)40-7-11-15(43-45(33,34)35)14(30)20(42-11)28-10-27-13-17(22)25-9-26-18(13)28/h9-11,14-16,20,30-31,48H,3-8H2,1-2H3,(H,23,29)(H,24,32)(H,36,37)(H,38,39)(H2,22,25,26)(H2,33,34,35)/t11-,14+,15?,16+,20-/m1/s1. The molecule has 1 aliphatic rings. The number of aromatic nitrogens is 4. The molecule has 2 amide bonds. The predicted molar refractivity (Wildman–Crippen MR) is 163 cm³/mol. The van der Waals surface area contributed by atoms with Crippen molar-refractivity contribution in [2.75, 3.05) is 37.8 Å². The third kappa shape index (κ3) is 11.2. The van der Waals surface area contributed by atoms with Crippen molar-refractivity contribution in [2.45, 2.75) is 50.9 Å². The summed E-state index contributed by atoms with van der Waals surface area (Å²) >= 11 is 3.95. The van der Waals surface area contributed by atoms with Crippen LogP contribution in [-0.4, -0.2) is 118 Å². The Balaban J connectivity index is 1.61. The summed E-state index contributed by atoms with van der Waals surface area (Å²) in [5, 5.41) is 26.1. The van der Waals surface area contributed by atoms with E-state index in [4.69, 9.17) is 19.5 Å². The SMILES string of the molecule is CC(C)(COP(=O)(O)OP(=O)(O)OC[C@H]1O[C@@H](n2cnc3c(N)ncnc32)[C@@H](O)C1OP(=O)(O)O)[C@@H](O)C(=O)NCCC(=O)NCCS. The number of phosphoric acid groups is 3. The monoisotopic (exact) mass is 767 g/mol. The molecule has 1 aliphatic heterocycles. The fourth-order valence-electron chi connectivity index (χ4n) is 4.14. The highest BCUT2D eigenvalue weighted by molar-refractivity contribution is 7.80. The summed E-state index contributed by atoms with van der Waals surface area (Å²) in [4.78, 5) is 74.6. The van der Waals surface area contributed by atoms with Gasteiger partial charge in [0.1, 0.15) is 36.3 Å². The van der Waals surface area contributed by atoms with Gasteiger partial charge in [-0.05, 0) is 0 Å². The number of thiol groups is 1. The topological polar surface area (TPSA) is 347 Å². The van der Waals surface area contributed by atoms with Crippen molar-refractivity contribution >= 4 is 64.9 Å². The lowest BCUT2D eigenvalue weighted by molar-refractivity contribution is -0.137. The van der Waals surface area contributed by atoms with Crippen LogP contribution in [0, 0.1) is 5.41 Å². The second kappa shape index (κ2) is 16.3. The summed E-state index contributed by atoms with van der Waals surface area (Å²) in [6, 6.07) is 0. The number of nitrogens with two attached hydrogens (primary N) is 1. The first-order valence-electron chi connectivity index (χ1n) is 13.7. The number of anilines is 1. The summed E-state index contributed by atoms with van der Waals surface area (Å²) < 4.78 is 61.7. The molecule has 272 valence electrons. The zero-order valence-corrected chi connectivity index (χ0v) is 28.8. The van der Waals surface area contributed by atoms with E-state index < -0.39 is 78.6 Å². The molecule has 1 saturated heterocycles. The molecule has 27 heteroatoms. The van der Waals surface area contributed by atoms with Gasteiger partial charge in [0.2, 0.25) is 11.8 Å². The summed E-state index contributed by atoms with van der Waals surface area (Å²) in [6.07, 6.45) is -6.74. The van der Waals surface area contributed by atoms with Crippen LogP contribution in [0.5, 0.6) is 0 Å². The number of nitrogens with one attached hydrogen (secondary N) is 2. The molecule has 10 N–H and O–H groups in total. The molecule has 2 aromatic heterocycles. The Bertz CT molecular complexity index is 1590. The van der Waals surface area contributed by atoms with Crippen LogP contribution in [0.25, 0.3) is 11.2 Å². The van der Waals surface area contributed by atoms with E-state index in [9.17, 15) is 53.1 Å². The van der Waals surface area contributed by atoms with Crippen LogP contribution in [0.2, 0.25) is 0 Å². The minimum atomic E-state index is -5.54. The van der Waals surface area contributed by atoms with Crippen LogP contribution in [0.4, 0.5) is 5.82 Å². The number of hydrogen-bond donors (Lipinski definition) is 10. The Morgan fingerprint density at radius 2 is 1.77 bits per heavy atom. The Kier molecular flexibility index (Phi) is 13.7. The Hall–Kier alpha value is -2.11. The van der Waals surface area contributed by atoms with E-state index in [1.165, 1.54) is 13.8 Å². The van der Waals surface area contributed by atoms with Crippen LogP contribution in [0.3, 0.4) is 0 Å². The van der Waals surface area contributed by atoms with Crippen molar-refractivity contribution < 1.29 is 75.7 Å². The van der Waals surface area contributed by atoms with Gasteiger partial charge in [0.05, 0.1) is 19.5 Å². The summed E-state index contributed by atoms with van der Waals surface area (Å²) in [5.41, 5.74) is 4.30. The van der Waals surface area contributed by atoms with Gasteiger partial charge in [-0.15, -0.1) is 0 Å². The lowest BCUT2D eigenvalue weighted by atomic mass is 9.87. The number of ether oxygens (including phenoxy) is 1. The number of carbonyl (C=O) groups excluding carboxylic acids is 2. The van der Waals surface area contributed by atoms with Gasteiger partial charge < -0.3 is 50.9 Å². The van der Waals surface area contributed by atoms with E-state index in [1.807, 2.05) is 0 Å². The number of nitrogen functional groups attached to an aromatic ring is 1. The van der Waals surface area contributed by atoms with Gasteiger partial charge in [0.25, 0.3) is 0 Å². The highest BCUT2D eigenvalue weighted by Crippen LogP contribution is 2.61. The van der Waals surface area contributed by atoms with Gasteiger partial charge in [0, 0.05) is 30.7 Å². The van der Waals surface area contributed by atoms with Gasteiger partial charge in [-0.2, -0.15) is 16.9 Å². The average molecular weight is 768 g/mol. The van der Waals surface area contributed by atoms with Gasteiger partial charge in [-0.1, -0.05) is 13.8 Å². The molecular formula is C21H36N7O16P3S. The molecule has 3 unspecified atom stereocenters. The number of amides is 2. The molecule has 0 spiro atoms. The molecule has 7 atom stereocenters. The first-order chi connectivity index (χ1) is 22.2. The van der Waals surface area contributed by atoms with Crippen LogP contribution < -0.4 is 16.4 Å². The largest absolute Gasteiger partial charge is 0.481 e. The van der Waals surface area contributed by atoms with E-state index in [2.05, 4.69) is 47.0 Å². The first-order valence-corrected chi connectivity index (χ1v) is 18.8. The number of aliphatic hydroxyl groups is 2. The smallest absolute Gasteiger partial charge is 0.386 e. The van der Waals surface area contributed by atoms with Gasteiger partial charge in [-0.3, -0.25) is 27.7 Å². The van der Waals surface area contributed by atoms with Gasteiger partial charge in [0.15, 0.2) is 17.7 Å². The quantitative estimate of drug-likeness (QED) is 0.0599. The van der Waals surface area contributed by atoms with Crippen LogP contribution >= 0.6 is 36.1 Å². The molecule has 0 bridgehead atoms. The first kappa shape index (κ1) is 40.3. The third-order valence-corrected chi connectivity index (χ3v) is 9.83. The van der Waals surface area contributed by atoms with Crippen LogP contribution in [0.15, 0.2) is 12.7 Å². The fraction of sp³-hybridized carbons (Fsp3) is 0.667. The Morgan fingerprint density at radius 3 is 2.42 bits per heavy atom. The molecule has 0 aliphatic carbocycles. The summed E-state index contributed by atoms with van der Waals surface area (Å²) in [7, 11) is -16.3. The molecule has 23 nitrogen and oxygen atoms in total. The normalized spacial score (nSPS) is 23.4. The molecule has 3 heterocycles. The highest BCUT2D eigenvalue weighted by Gasteiger charge is 2.50. The molecule has 0 radical (unpaired) electrons. The van der Waals surface area contributed by atoms with Crippen molar-refractivity contribution in [3.05, 3.63) is 12.7 Å². The van der Waals surface area contributed by atoms with Crippen molar-refractivity contribution in [2.24, 2.45) is 5.41 Å². The number of fused-ring (bicyclic) bond motifs is 1. The third-order valence-electron chi connectivity index (χ3n) is 6.51. The summed E-state index contributed by atoms with van der Waals surface area (Å²) in [6.45, 7) is 0.723. The van der Waals surface area contributed by atoms with E-state index in [0.717, 1.165) is 17.2 Å². The predicted octanol–water partition coefficient (Wildman–Crippen LogP) is -1.67. The maximum Gasteiger partial charge on any atom is 0.481 e. The van der Waals surface area contributed by atoms with Crippen LogP contribution in [0.1, 0.15) is 26.5 Å². The van der Waals surface area contributed by atoms with Gasteiger partial charge in [-0.25, -0.2) is 28.6 Å². The van der Waals surface area contributed by atoms with Crippen LogP contribution in [-0.2, 0) is 45.9 Å². The maximum atomic E-state index is 12.6. The number of rotatable bonds is 18. The number of nitrogens with zero attached hydrogens (tertiary/aromatic N) is 4. The number of carbonyl (C=O) groups is 2. The summed E-state index contributed by atoms with van der Waals surface area (Å²) in [5.74, 6) is -0.943. The lowest BCUT2D eigenvalue weighted by Gasteiger charge is -2.30. The van der Waals surface area contributed by atoms with Crippen molar-refractivity contribution in [1.29, 1.82) is 0 Å². The molecule has 0 saturated carbocycles. The Morgan fingerprint density at radius 1 is 1.10 bits per heavy atom. The van der Waals surface area contributed by atoms with E-state index >= 15 is 0 Å². The molecule has 2 aromatic rings. The van der Waals surface area contributed by atoms with Crippen molar-refractivity contribution in [1.82, 2.24) is 30.2 Å². The van der Waals surface area contributed by atoms with E-state index in [1.54, 1.807) is 0 Å². The molecule has 48 heavy (non-hydrogen) atoms. The van der Waals surface area contributed by atoms with E-state index in [-0.39, 0.29) is 35.9 Å². The molecule has 3 rings (SSSR count). The fourth-order valence-corrected chi connectivity index (χ4v) is 7.08. The molecular weight excluding hydrogens is 731 g/mol. The second-order valence-corrected chi connectivity index (χ2v) is 15.5. The molecule has 0 aromatic carbocycles. The van der Waals surface area contributed by atoms with E-state index in [0.29, 0.717) is 12.3 Å². The molecule has 1 fully saturated rings. The average Bonchev–Trinajstić information content (AvgIpc) is 3.54. The second-order valence-electron chi connectivity index (χ2n) is 10.8. The number of aliphatic hydroxyl groups excluding tert-OH is 2. The highest BCUT2D eigenvalue weighted by atomic mass is 32.1. The van der Waals surface area contributed by atoms with Crippen molar-refractivity contribution in [3.8, 4) is 0 Å². The van der Waals surface area contributed by atoms with Gasteiger partial charge >= 0.3 is 23.5 Å². The maximum absolute atomic E-state index is 12.6. The minimum Gasteiger partial charge on any atom is -0.386 e.